The van der Waals surface area contributed by atoms with Gasteiger partial charge < -0.3 is 4.90 Å². The van der Waals surface area contributed by atoms with E-state index in [-0.39, 0.29) is 0 Å². The van der Waals surface area contributed by atoms with Gasteiger partial charge in [-0.3, -0.25) is 4.79 Å². The van der Waals surface area contributed by atoms with E-state index >= 15 is 0 Å². The second-order valence-corrected chi connectivity index (χ2v) is 3.72. The molecule has 1 heterocycles. The maximum Gasteiger partial charge on any atom is 0.209 e. The standard InChI is InChI=1S/C9H17NO/c1-8(2)9-3-5-10(7-11)6-4-9/h7-9H,3-6H2,1-2H3. The van der Waals surface area contributed by atoms with Crippen LogP contribution in [-0.2, 0) is 4.79 Å². The molecule has 0 radical (unpaired) electrons. The Morgan fingerprint density at radius 3 is 2.27 bits per heavy atom. The van der Waals surface area contributed by atoms with Gasteiger partial charge in [0.2, 0.25) is 6.41 Å². The number of amides is 1. The number of rotatable bonds is 2. The van der Waals surface area contributed by atoms with E-state index in [2.05, 4.69) is 13.8 Å². The Balaban J connectivity index is 2.29. The van der Waals surface area contributed by atoms with Gasteiger partial charge in [0.25, 0.3) is 0 Å². The van der Waals surface area contributed by atoms with Crippen LogP contribution in [0, 0.1) is 11.8 Å². The summed E-state index contributed by atoms with van der Waals surface area (Å²) >= 11 is 0. The summed E-state index contributed by atoms with van der Waals surface area (Å²) in [6, 6.07) is 0. The third kappa shape index (κ3) is 2.21. The first kappa shape index (κ1) is 8.57. The maximum atomic E-state index is 10.4. The van der Waals surface area contributed by atoms with Crippen molar-refractivity contribution in [1.82, 2.24) is 4.90 Å². The van der Waals surface area contributed by atoms with Gasteiger partial charge in [0.1, 0.15) is 0 Å². The minimum atomic E-state index is 0.781. The van der Waals surface area contributed by atoms with Crippen molar-refractivity contribution < 1.29 is 4.79 Å². The summed E-state index contributed by atoms with van der Waals surface area (Å²) in [6.07, 6.45) is 3.35. The summed E-state index contributed by atoms with van der Waals surface area (Å²) in [5, 5.41) is 0. The van der Waals surface area contributed by atoms with Crippen molar-refractivity contribution in [2.45, 2.75) is 26.7 Å². The van der Waals surface area contributed by atoms with Crippen LogP contribution < -0.4 is 0 Å². The summed E-state index contributed by atoms with van der Waals surface area (Å²) in [5.41, 5.74) is 0. The van der Waals surface area contributed by atoms with Crippen molar-refractivity contribution in [3.63, 3.8) is 0 Å². The smallest absolute Gasteiger partial charge is 0.209 e. The number of hydrogen-bond donors (Lipinski definition) is 0. The van der Waals surface area contributed by atoms with Gasteiger partial charge in [-0.2, -0.15) is 0 Å². The number of hydrogen-bond acceptors (Lipinski definition) is 1. The molecule has 1 aliphatic heterocycles. The third-order valence-corrected chi connectivity index (χ3v) is 2.67. The van der Waals surface area contributed by atoms with Crippen molar-refractivity contribution in [2.24, 2.45) is 11.8 Å². The number of nitrogens with zero attached hydrogens (tertiary/aromatic N) is 1. The fraction of sp³-hybridized carbons (Fsp3) is 0.889. The van der Waals surface area contributed by atoms with Gasteiger partial charge in [-0.15, -0.1) is 0 Å². The predicted octanol–water partition coefficient (Wildman–Crippen LogP) is 1.51. The molecule has 0 saturated carbocycles. The van der Waals surface area contributed by atoms with Gasteiger partial charge in [0.05, 0.1) is 0 Å². The largest absolute Gasteiger partial charge is 0.345 e. The molecule has 1 aliphatic rings. The molecule has 0 aliphatic carbocycles. The molecule has 0 atom stereocenters. The van der Waals surface area contributed by atoms with Gasteiger partial charge in [-0.25, -0.2) is 0 Å². The van der Waals surface area contributed by atoms with Crippen LogP contribution >= 0.6 is 0 Å². The minimum Gasteiger partial charge on any atom is -0.345 e. The van der Waals surface area contributed by atoms with Crippen LogP contribution in [0.15, 0.2) is 0 Å². The Morgan fingerprint density at radius 1 is 1.36 bits per heavy atom. The summed E-state index contributed by atoms with van der Waals surface area (Å²) in [6.45, 7) is 6.46. The lowest BCUT2D eigenvalue weighted by Crippen LogP contribution is -2.34. The number of carbonyl (C=O) groups is 1. The molecular formula is C9H17NO. The SMILES string of the molecule is CC(C)C1CCN(C=O)CC1. The highest BCUT2D eigenvalue weighted by Gasteiger charge is 2.19. The van der Waals surface area contributed by atoms with Crippen molar-refractivity contribution in [3.05, 3.63) is 0 Å². The van der Waals surface area contributed by atoms with Crippen LogP contribution in [0.25, 0.3) is 0 Å². The first-order valence-electron chi connectivity index (χ1n) is 4.43. The molecule has 0 unspecified atom stereocenters. The molecule has 2 heteroatoms. The van der Waals surface area contributed by atoms with E-state index in [4.69, 9.17) is 0 Å². The van der Waals surface area contributed by atoms with Crippen molar-refractivity contribution in [3.8, 4) is 0 Å². The zero-order chi connectivity index (χ0) is 8.27. The monoisotopic (exact) mass is 155 g/mol. The van der Waals surface area contributed by atoms with Crippen LogP contribution in [0.2, 0.25) is 0 Å². The fourth-order valence-corrected chi connectivity index (χ4v) is 1.69. The molecule has 1 amide bonds. The quantitative estimate of drug-likeness (QED) is 0.553. The second-order valence-electron chi connectivity index (χ2n) is 3.72. The molecule has 2 nitrogen and oxygen atoms in total. The topological polar surface area (TPSA) is 20.3 Å². The molecule has 0 spiro atoms. The van der Waals surface area contributed by atoms with Crippen LogP contribution in [0.4, 0.5) is 0 Å². The van der Waals surface area contributed by atoms with E-state index in [0.717, 1.165) is 31.3 Å². The Bertz CT molecular complexity index is 126. The van der Waals surface area contributed by atoms with Gasteiger partial charge in [-0.1, -0.05) is 13.8 Å². The lowest BCUT2D eigenvalue weighted by Gasteiger charge is -2.31. The molecule has 1 fully saturated rings. The highest BCUT2D eigenvalue weighted by molar-refractivity contribution is 5.47. The zero-order valence-corrected chi connectivity index (χ0v) is 7.42. The van der Waals surface area contributed by atoms with E-state index in [1.807, 2.05) is 4.90 Å². The van der Waals surface area contributed by atoms with Crippen LogP contribution in [-0.4, -0.2) is 24.4 Å². The Morgan fingerprint density at radius 2 is 1.91 bits per heavy atom. The molecule has 0 bridgehead atoms. The van der Waals surface area contributed by atoms with E-state index in [1.54, 1.807) is 0 Å². The van der Waals surface area contributed by atoms with Gasteiger partial charge in [0.15, 0.2) is 0 Å². The molecule has 0 aromatic rings. The average Bonchev–Trinajstić information content (AvgIpc) is 2.05. The van der Waals surface area contributed by atoms with Crippen LogP contribution in [0.5, 0.6) is 0 Å². The van der Waals surface area contributed by atoms with Gasteiger partial charge >= 0.3 is 0 Å². The van der Waals surface area contributed by atoms with Crippen LogP contribution in [0.3, 0.4) is 0 Å². The van der Waals surface area contributed by atoms with Crippen LogP contribution in [0.1, 0.15) is 26.7 Å². The molecular weight excluding hydrogens is 138 g/mol. The molecule has 1 rings (SSSR count). The number of likely N-dealkylation sites (tertiary alicyclic amines) is 1. The van der Waals surface area contributed by atoms with Crippen molar-refractivity contribution in [2.75, 3.05) is 13.1 Å². The second kappa shape index (κ2) is 3.74. The lowest BCUT2D eigenvalue weighted by atomic mass is 9.87. The van der Waals surface area contributed by atoms with E-state index in [1.165, 1.54) is 12.8 Å². The number of carbonyl (C=O) groups excluding carboxylic acids is 1. The normalized spacial score (nSPS) is 20.8. The van der Waals surface area contributed by atoms with Gasteiger partial charge in [0, 0.05) is 13.1 Å². The molecule has 0 N–H and O–H groups in total. The Labute approximate surface area is 68.6 Å². The van der Waals surface area contributed by atoms with E-state index in [0.29, 0.717) is 0 Å². The van der Waals surface area contributed by atoms with Gasteiger partial charge in [-0.05, 0) is 24.7 Å². The summed E-state index contributed by atoms with van der Waals surface area (Å²) in [5.74, 6) is 1.62. The van der Waals surface area contributed by atoms with Crippen molar-refractivity contribution >= 4 is 6.41 Å². The first-order chi connectivity index (χ1) is 5.24. The first-order valence-corrected chi connectivity index (χ1v) is 4.43. The van der Waals surface area contributed by atoms with Crippen molar-refractivity contribution in [1.29, 1.82) is 0 Å². The molecule has 64 valence electrons. The molecule has 0 aromatic heterocycles. The lowest BCUT2D eigenvalue weighted by molar-refractivity contribution is -0.119. The Hall–Kier alpha value is -0.530. The summed E-state index contributed by atoms with van der Waals surface area (Å²) < 4.78 is 0. The fourth-order valence-electron chi connectivity index (χ4n) is 1.69. The number of piperidine rings is 1. The summed E-state index contributed by atoms with van der Waals surface area (Å²) in [4.78, 5) is 12.2. The zero-order valence-electron chi connectivity index (χ0n) is 7.42. The Kier molecular flexibility index (Phi) is 2.92. The highest BCUT2D eigenvalue weighted by Crippen LogP contribution is 2.23. The maximum absolute atomic E-state index is 10.4. The molecule has 1 saturated heterocycles. The highest BCUT2D eigenvalue weighted by atomic mass is 16.1. The third-order valence-electron chi connectivity index (χ3n) is 2.67. The minimum absolute atomic E-state index is 0.781. The molecule has 11 heavy (non-hydrogen) atoms. The summed E-state index contributed by atoms with van der Waals surface area (Å²) in [7, 11) is 0. The predicted molar refractivity (Wildman–Crippen MR) is 45.2 cm³/mol. The van der Waals surface area contributed by atoms with E-state index < -0.39 is 0 Å². The van der Waals surface area contributed by atoms with E-state index in [9.17, 15) is 4.79 Å². The average molecular weight is 155 g/mol. The molecule has 0 aromatic carbocycles.